The summed E-state index contributed by atoms with van der Waals surface area (Å²) in [5.74, 6) is -0.437. The summed E-state index contributed by atoms with van der Waals surface area (Å²) >= 11 is 5.70. The van der Waals surface area contributed by atoms with Crippen LogP contribution in [-0.2, 0) is 0 Å². The van der Waals surface area contributed by atoms with Crippen molar-refractivity contribution in [2.45, 2.75) is 13.0 Å². The van der Waals surface area contributed by atoms with Crippen molar-refractivity contribution in [2.24, 2.45) is 5.73 Å². The minimum atomic E-state index is -0.602. The molecule has 1 aromatic carbocycles. The first-order valence-electron chi connectivity index (χ1n) is 4.90. The van der Waals surface area contributed by atoms with Crippen molar-refractivity contribution < 1.29 is 9.72 Å². The number of benzene rings is 1. The maximum Gasteiger partial charge on any atom is 0.271 e. The first-order valence-corrected chi connectivity index (χ1v) is 5.27. The zero-order valence-corrected chi connectivity index (χ0v) is 11.1. The van der Waals surface area contributed by atoms with Gasteiger partial charge in [-0.1, -0.05) is 11.6 Å². The second-order valence-electron chi connectivity index (χ2n) is 3.57. The molecule has 0 radical (unpaired) electrons. The van der Waals surface area contributed by atoms with Crippen molar-refractivity contribution in [3.63, 3.8) is 0 Å². The number of amides is 1. The number of carbonyl (C=O) groups is 1. The molecule has 0 aromatic heterocycles. The van der Waals surface area contributed by atoms with Gasteiger partial charge < -0.3 is 11.1 Å². The van der Waals surface area contributed by atoms with Crippen LogP contribution in [0.1, 0.15) is 17.3 Å². The standard InChI is InChI=1S/C10H12ClN3O3.ClH/c1-6(5-12)13-10(15)7-2-8(11)4-9(3-7)14(16)17;/h2-4,6H,5,12H2,1H3,(H,13,15);1H/t6-;/m0./s1. The molecular formula is C10H13Cl2N3O3. The zero-order valence-electron chi connectivity index (χ0n) is 9.55. The minimum absolute atomic E-state index is 0. The van der Waals surface area contributed by atoms with Crippen LogP contribution in [0, 0.1) is 10.1 Å². The van der Waals surface area contributed by atoms with E-state index in [2.05, 4.69) is 5.32 Å². The van der Waals surface area contributed by atoms with Gasteiger partial charge in [0.25, 0.3) is 11.6 Å². The summed E-state index contributed by atoms with van der Waals surface area (Å²) in [6.07, 6.45) is 0. The van der Waals surface area contributed by atoms with Crippen LogP contribution in [0.15, 0.2) is 18.2 Å². The first-order chi connectivity index (χ1) is 7.93. The van der Waals surface area contributed by atoms with Crippen LogP contribution in [0.2, 0.25) is 5.02 Å². The monoisotopic (exact) mass is 293 g/mol. The van der Waals surface area contributed by atoms with Gasteiger partial charge in [-0.2, -0.15) is 0 Å². The maximum atomic E-state index is 11.7. The van der Waals surface area contributed by atoms with Crippen LogP contribution >= 0.6 is 24.0 Å². The van der Waals surface area contributed by atoms with Crippen LogP contribution in [0.5, 0.6) is 0 Å². The molecule has 0 fully saturated rings. The predicted molar refractivity (Wildman–Crippen MR) is 71.3 cm³/mol. The Kier molecular flexibility index (Phi) is 6.61. The van der Waals surface area contributed by atoms with Gasteiger partial charge in [-0.25, -0.2) is 0 Å². The van der Waals surface area contributed by atoms with Gasteiger partial charge in [-0.3, -0.25) is 14.9 Å². The predicted octanol–water partition coefficient (Wildman–Crippen LogP) is 1.75. The van der Waals surface area contributed by atoms with Crippen LogP contribution in [0.4, 0.5) is 5.69 Å². The molecule has 3 N–H and O–H groups in total. The first kappa shape index (κ1) is 16.6. The Labute approximate surface area is 115 Å². The Morgan fingerprint density at radius 2 is 2.17 bits per heavy atom. The molecule has 0 heterocycles. The number of rotatable bonds is 4. The lowest BCUT2D eigenvalue weighted by molar-refractivity contribution is -0.384. The molecule has 1 rings (SSSR count). The smallest absolute Gasteiger partial charge is 0.271 e. The van der Waals surface area contributed by atoms with Crippen LogP contribution < -0.4 is 11.1 Å². The van der Waals surface area contributed by atoms with Gasteiger partial charge in [0.2, 0.25) is 0 Å². The van der Waals surface area contributed by atoms with Crippen molar-refractivity contribution in [3.05, 3.63) is 38.9 Å². The van der Waals surface area contributed by atoms with Crippen LogP contribution in [0.25, 0.3) is 0 Å². The summed E-state index contributed by atoms with van der Waals surface area (Å²) in [4.78, 5) is 21.7. The molecule has 0 aliphatic carbocycles. The lowest BCUT2D eigenvalue weighted by Gasteiger charge is -2.11. The summed E-state index contributed by atoms with van der Waals surface area (Å²) in [6, 6.07) is 3.52. The number of nitro benzene ring substituents is 1. The average molecular weight is 294 g/mol. The van der Waals surface area contributed by atoms with E-state index in [0.717, 1.165) is 0 Å². The number of nitro groups is 1. The molecule has 8 heteroatoms. The topological polar surface area (TPSA) is 98.3 Å². The number of carbonyl (C=O) groups excluding carboxylic acids is 1. The number of non-ortho nitro benzene ring substituents is 1. The molecule has 0 aliphatic rings. The number of halogens is 2. The fourth-order valence-corrected chi connectivity index (χ4v) is 1.41. The summed E-state index contributed by atoms with van der Waals surface area (Å²) in [5, 5.41) is 13.3. The number of hydrogen-bond donors (Lipinski definition) is 2. The van der Waals surface area contributed by atoms with Crippen molar-refractivity contribution in [1.82, 2.24) is 5.32 Å². The molecule has 0 spiro atoms. The summed E-state index contributed by atoms with van der Waals surface area (Å²) in [5.41, 5.74) is 5.28. The van der Waals surface area contributed by atoms with Crippen molar-refractivity contribution >= 4 is 35.6 Å². The highest BCUT2D eigenvalue weighted by atomic mass is 35.5. The van der Waals surface area contributed by atoms with E-state index in [1.807, 2.05) is 0 Å². The minimum Gasteiger partial charge on any atom is -0.348 e. The average Bonchev–Trinajstić information content (AvgIpc) is 2.27. The Morgan fingerprint density at radius 1 is 1.56 bits per heavy atom. The van der Waals surface area contributed by atoms with E-state index < -0.39 is 10.8 Å². The van der Waals surface area contributed by atoms with Crippen LogP contribution in [0.3, 0.4) is 0 Å². The summed E-state index contributed by atoms with van der Waals surface area (Å²) in [7, 11) is 0. The molecular weight excluding hydrogens is 281 g/mol. The van der Waals surface area contributed by atoms with E-state index in [9.17, 15) is 14.9 Å². The second-order valence-corrected chi connectivity index (χ2v) is 4.00. The maximum absolute atomic E-state index is 11.7. The van der Waals surface area contributed by atoms with Gasteiger partial charge in [0.1, 0.15) is 0 Å². The zero-order chi connectivity index (χ0) is 13.0. The molecule has 0 saturated heterocycles. The van der Waals surface area contributed by atoms with E-state index in [1.165, 1.54) is 18.2 Å². The molecule has 18 heavy (non-hydrogen) atoms. The van der Waals surface area contributed by atoms with Gasteiger partial charge in [0.05, 0.1) is 4.92 Å². The molecule has 6 nitrogen and oxygen atoms in total. The molecule has 100 valence electrons. The van der Waals surface area contributed by atoms with Gasteiger partial charge in [0, 0.05) is 35.3 Å². The lowest BCUT2D eigenvalue weighted by Crippen LogP contribution is -2.37. The highest BCUT2D eigenvalue weighted by molar-refractivity contribution is 6.31. The third-order valence-electron chi connectivity index (χ3n) is 2.09. The Bertz CT molecular complexity index is 454. The highest BCUT2D eigenvalue weighted by Crippen LogP contribution is 2.20. The molecule has 0 saturated carbocycles. The highest BCUT2D eigenvalue weighted by Gasteiger charge is 2.14. The molecule has 1 aromatic rings. The van der Waals surface area contributed by atoms with Crippen molar-refractivity contribution in [1.29, 1.82) is 0 Å². The van der Waals surface area contributed by atoms with Crippen molar-refractivity contribution in [2.75, 3.05) is 6.54 Å². The summed E-state index contributed by atoms with van der Waals surface area (Å²) in [6.45, 7) is 2.02. The van der Waals surface area contributed by atoms with E-state index >= 15 is 0 Å². The largest absolute Gasteiger partial charge is 0.348 e. The van der Waals surface area contributed by atoms with Crippen LogP contribution in [-0.4, -0.2) is 23.4 Å². The fraction of sp³-hybridized carbons (Fsp3) is 0.300. The lowest BCUT2D eigenvalue weighted by atomic mass is 10.1. The Balaban J connectivity index is 0.00000289. The number of nitrogens with one attached hydrogen (secondary N) is 1. The fourth-order valence-electron chi connectivity index (χ4n) is 1.18. The normalized spacial score (nSPS) is 11.3. The van der Waals surface area contributed by atoms with E-state index in [-0.39, 0.29) is 41.3 Å². The van der Waals surface area contributed by atoms with Gasteiger partial charge in [-0.05, 0) is 13.0 Å². The SMILES string of the molecule is C[C@@H](CN)NC(=O)c1cc(Cl)cc([N+](=O)[O-])c1.Cl. The third kappa shape index (κ3) is 4.48. The Hall–Kier alpha value is -1.37. The van der Waals surface area contributed by atoms with E-state index in [0.29, 0.717) is 0 Å². The molecule has 0 aliphatic heterocycles. The van der Waals surface area contributed by atoms with Gasteiger partial charge in [-0.15, -0.1) is 12.4 Å². The molecule has 1 amide bonds. The Morgan fingerprint density at radius 3 is 2.67 bits per heavy atom. The second kappa shape index (κ2) is 7.15. The van der Waals surface area contributed by atoms with E-state index in [1.54, 1.807) is 6.92 Å². The molecule has 0 bridgehead atoms. The number of nitrogens with two attached hydrogens (primary N) is 1. The van der Waals surface area contributed by atoms with Crippen molar-refractivity contribution in [3.8, 4) is 0 Å². The quantitative estimate of drug-likeness (QED) is 0.652. The molecule has 0 unspecified atom stereocenters. The third-order valence-corrected chi connectivity index (χ3v) is 2.30. The van der Waals surface area contributed by atoms with E-state index in [4.69, 9.17) is 17.3 Å². The molecule has 1 atom stereocenters. The number of nitrogens with zero attached hydrogens (tertiary/aromatic N) is 1. The van der Waals surface area contributed by atoms with Gasteiger partial charge in [0.15, 0.2) is 0 Å². The van der Waals surface area contributed by atoms with Gasteiger partial charge >= 0.3 is 0 Å². The number of hydrogen-bond acceptors (Lipinski definition) is 4. The summed E-state index contributed by atoms with van der Waals surface area (Å²) < 4.78 is 0.